The molecule has 25 heteroatoms. The quantitative estimate of drug-likeness (QED) is 0.0433. The fourth-order valence-corrected chi connectivity index (χ4v) is 11.6. The highest BCUT2D eigenvalue weighted by Gasteiger charge is 2.36. The maximum Gasteiger partial charge on any atom is 0.300 e. The van der Waals surface area contributed by atoms with Crippen LogP contribution in [0.3, 0.4) is 0 Å². The van der Waals surface area contributed by atoms with Gasteiger partial charge < -0.3 is 74.6 Å². The second-order valence-electron chi connectivity index (χ2n) is 20.7. The van der Waals surface area contributed by atoms with Crippen molar-refractivity contribution >= 4 is 96.6 Å². The number of unbranched alkanes of at least 4 members (excludes halogenated alkanes) is 1. The molecule has 0 saturated carbocycles. The first-order valence-corrected chi connectivity index (χ1v) is 29.9. The first-order valence-electron chi connectivity index (χ1n) is 27.4. The normalized spacial score (nSPS) is 20.1. The Kier molecular flexibility index (Phi) is 24.6. The molecule has 1 aliphatic heterocycles. The van der Waals surface area contributed by atoms with E-state index in [0.29, 0.717) is 29.5 Å². The van der Waals surface area contributed by atoms with Crippen molar-refractivity contribution in [3.63, 3.8) is 0 Å². The van der Waals surface area contributed by atoms with Crippen LogP contribution in [0.5, 0.6) is 5.75 Å². The van der Waals surface area contributed by atoms with E-state index in [9.17, 15) is 43.5 Å². The first-order chi connectivity index (χ1) is 40.2. The zero-order valence-electron chi connectivity index (χ0n) is 46.9. The van der Waals surface area contributed by atoms with Gasteiger partial charge >= 0.3 is 0 Å². The molecule has 1 saturated heterocycles. The molecule has 0 spiro atoms. The molecule has 1 fully saturated rings. The second-order valence-corrected chi connectivity index (χ2v) is 23.2. The van der Waals surface area contributed by atoms with Gasteiger partial charge in [0.25, 0.3) is 5.97 Å². The van der Waals surface area contributed by atoms with Crippen molar-refractivity contribution in [2.45, 2.75) is 114 Å². The molecule has 1 aliphatic rings. The predicted octanol–water partition coefficient (Wildman–Crippen LogP) is 2.10. The molecular formula is C59H74N12O11S2. The Morgan fingerprint density at radius 2 is 1.19 bits per heavy atom. The minimum atomic E-state index is -1.40. The minimum absolute atomic E-state index is 0.00683. The molecule has 0 aliphatic carbocycles. The number of fused-ring (bicyclic) bond motifs is 2. The summed E-state index contributed by atoms with van der Waals surface area (Å²) in [5.41, 5.74) is 22.4. The highest BCUT2D eigenvalue weighted by molar-refractivity contribution is 8.76. The number of aromatic hydroxyl groups is 1. The Labute approximate surface area is 493 Å². The summed E-state index contributed by atoms with van der Waals surface area (Å²) in [6, 6.07) is 19.5. The van der Waals surface area contributed by atoms with Crippen LogP contribution in [0, 0.1) is 5.92 Å². The topological polar surface area (TPSA) is 388 Å². The summed E-state index contributed by atoms with van der Waals surface area (Å²) in [5, 5.41) is 38.7. The number of carboxylic acid groups (broad SMARTS) is 1. The average molecular weight is 1190 g/mol. The van der Waals surface area contributed by atoms with Gasteiger partial charge in [-0.1, -0.05) is 114 Å². The number of primary amides is 1. The van der Waals surface area contributed by atoms with Gasteiger partial charge in [-0.05, 0) is 84.7 Å². The van der Waals surface area contributed by atoms with E-state index in [2.05, 4.69) is 47.2 Å². The molecule has 8 atom stereocenters. The molecule has 17 N–H and O–H groups in total. The van der Waals surface area contributed by atoms with E-state index >= 15 is 0 Å². The van der Waals surface area contributed by atoms with Crippen LogP contribution < -0.4 is 54.4 Å². The first kappa shape index (κ1) is 64.8. The zero-order chi connectivity index (χ0) is 60.9. The van der Waals surface area contributed by atoms with Gasteiger partial charge in [0.2, 0.25) is 47.3 Å². The summed E-state index contributed by atoms with van der Waals surface area (Å²) in [6.07, 6.45) is 4.31. The number of nitrogens with two attached hydrogens (primary N) is 3. The molecule has 4 aromatic carbocycles. The molecule has 2 aromatic heterocycles. The number of aromatic amines is 2. The van der Waals surface area contributed by atoms with Crippen molar-refractivity contribution in [1.82, 2.24) is 47.2 Å². The summed E-state index contributed by atoms with van der Waals surface area (Å²) in [6.45, 7) is 4.76. The molecule has 448 valence electrons. The van der Waals surface area contributed by atoms with E-state index in [4.69, 9.17) is 27.1 Å². The monoisotopic (exact) mass is 1190 g/mol. The van der Waals surface area contributed by atoms with Crippen LogP contribution in [0.1, 0.15) is 62.3 Å². The number of H-pyrrole nitrogens is 2. The summed E-state index contributed by atoms with van der Waals surface area (Å²) >= 11 is 0. The molecule has 0 bridgehead atoms. The summed E-state index contributed by atoms with van der Waals surface area (Å²) in [5.74, 6) is -7.90. The van der Waals surface area contributed by atoms with Crippen LogP contribution in [-0.4, -0.2) is 140 Å². The molecular weight excluding hydrogens is 1120 g/mol. The predicted molar refractivity (Wildman–Crippen MR) is 323 cm³/mol. The van der Waals surface area contributed by atoms with E-state index in [0.717, 1.165) is 55.9 Å². The summed E-state index contributed by atoms with van der Waals surface area (Å²) < 4.78 is 0. The number of para-hydroxylation sites is 2. The smallest absolute Gasteiger partial charge is 0.300 e. The van der Waals surface area contributed by atoms with Gasteiger partial charge in [0.1, 0.15) is 48.0 Å². The Hall–Kier alpha value is -8.39. The third kappa shape index (κ3) is 19.4. The van der Waals surface area contributed by atoms with E-state index < -0.39 is 107 Å². The van der Waals surface area contributed by atoms with Crippen molar-refractivity contribution in [1.29, 1.82) is 0 Å². The van der Waals surface area contributed by atoms with Crippen LogP contribution in [0.4, 0.5) is 0 Å². The van der Waals surface area contributed by atoms with Gasteiger partial charge in [0.05, 0.1) is 6.04 Å². The molecule has 6 aromatic rings. The standard InChI is InChI=1S/C57H70N12O9S2.C2H4O2/c1-32(2)49-57(78)68-48(55(76)64-44(50(60)71)26-35-28-61-41-16-8-6-14-38(35)41)31-80-79-30-47(67-51(72)40(59)24-33-12-4-3-5-13-33)56(77)65-45(25-34-19-21-37(70)22-20-34)53(74)66-46(27-36-29-62-42-17-9-7-15-39(36)42)54(75)63-43(52(73)69-49)18-10-11-23-58;1-2(3)4/h3-9,12-17,19-22,28-29,32,40,43-49,61-62,70H,10-11,18,23-27,30-31,58-59H2,1-2H3,(H2,60,71)(H,63,75)(H,64,76)(H,65,77)(H,66,74)(H,67,72)(H,68,78)(H,69,73);1H3,(H,3,4)/t40-,43+,44+,45+,46?,47?,48?,49?;/m1./s1. The lowest BCUT2D eigenvalue weighted by atomic mass is 10.00. The lowest BCUT2D eigenvalue weighted by Gasteiger charge is -2.29. The van der Waals surface area contributed by atoms with Gasteiger partial charge in [0.15, 0.2) is 0 Å². The Morgan fingerprint density at radius 1 is 0.643 bits per heavy atom. The molecule has 84 heavy (non-hydrogen) atoms. The summed E-state index contributed by atoms with van der Waals surface area (Å²) in [4.78, 5) is 130. The summed E-state index contributed by atoms with van der Waals surface area (Å²) in [7, 11) is 2.13. The number of phenolic OH excluding ortho intramolecular Hbond substituents is 1. The van der Waals surface area contributed by atoms with E-state index in [1.807, 2.05) is 66.7 Å². The number of carbonyl (C=O) groups is 9. The highest BCUT2D eigenvalue weighted by atomic mass is 33.1. The lowest BCUT2D eigenvalue weighted by molar-refractivity contribution is -0.136. The number of amides is 8. The highest BCUT2D eigenvalue weighted by Crippen LogP contribution is 2.25. The fourth-order valence-electron chi connectivity index (χ4n) is 9.29. The van der Waals surface area contributed by atoms with Gasteiger partial charge in [-0.3, -0.25) is 43.2 Å². The van der Waals surface area contributed by atoms with Crippen molar-refractivity contribution in [2.24, 2.45) is 23.1 Å². The Balaban J connectivity index is 0.00000274. The maximum absolute atomic E-state index is 14.9. The van der Waals surface area contributed by atoms with Gasteiger partial charge in [0, 0.05) is 71.9 Å². The van der Waals surface area contributed by atoms with Gasteiger partial charge in [-0.15, -0.1) is 0 Å². The number of rotatable bonds is 18. The fraction of sp³-hybridized carbons (Fsp3) is 0.373. The number of carbonyl (C=O) groups excluding carboxylic acids is 8. The third-order valence-electron chi connectivity index (χ3n) is 13.8. The van der Waals surface area contributed by atoms with Gasteiger partial charge in [-0.25, -0.2) is 0 Å². The number of aliphatic carboxylic acids is 1. The van der Waals surface area contributed by atoms with Crippen molar-refractivity contribution in [3.05, 3.63) is 138 Å². The minimum Gasteiger partial charge on any atom is -0.508 e. The van der Waals surface area contributed by atoms with Crippen LogP contribution in [0.2, 0.25) is 0 Å². The SMILES string of the molecule is CC(=O)O.CC(C)C1NC(=O)[C@H](CCCCN)NC(=O)C(Cc2c[nH]c3ccccc23)NC(=O)[C@H](Cc2ccc(O)cc2)NC(=O)C(NC(=O)[C@H](N)Cc2ccccc2)CSSCC(C(=O)N[C@@H](Cc2c[nH]c3ccccc23)C(N)=O)NC1=O. The molecule has 3 heterocycles. The largest absolute Gasteiger partial charge is 0.508 e. The van der Waals surface area contributed by atoms with E-state index in [1.54, 1.807) is 50.5 Å². The Bertz CT molecular complexity index is 3230. The molecule has 0 radical (unpaired) electrons. The molecule has 7 rings (SSSR count). The van der Waals surface area contributed by atoms with Crippen molar-refractivity contribution in [3.8, 4) is 5.75 Å². The van der Waals surface area contributed by atoms with Crippen molar-refractivity contribution in [2.75, 3.05) is 18.1 Å². The average Bonchev–Trinajstić information content (AvgIpc) is 4.31. The second kappa shape index (κ2) is 31.9. The molecule has 8 amide bonds. The number of nitrogens with one attached hydrogen (secondary N) is 9. The van der Waals surface area contributed by atoms with Crippen LogP contribution in [0.15, 0.2) is 116 Å². The number of aromatic nitrogens is 2. The number of hydrogen-bond acceptors (Lipinski definition) is 14. The molecule has 23 nitrogen and oxygen atoms in total. The number of phenols is 1. The number of carboxylic acids is 1. The lowest BCUT2D eigenvalue weighted by Crippen LogP contribution is -2.61. The zero-order valence-corrected chi connectivity index (χ0v) is 48.5. The Morgan fingerprint density at radius 3 is 1.81 bits per heavy atom. The van der Waals surface area contributed by atoms with Crippen LogP contribution >= 0.6 is 21.6 Å². The number of hydrogen-bond donors (Lipinski definition) is 14. The van der Waals surface area contributed by atoms with Crippen molar-refractivity contribution < 1.29 is 53.4 Å². The van der Waals surface area contributed by atoms with E-state index in [1.165, 1.54) is 12.1 Å². The van der Waals surface area contributed by atoms with E-state index in [-0.39, 0.29) is 55.9 Å². The molecule has 4 unspecified atom stereocenters. The number of benzene rings is 4. The third-order valence-corrected chi connectivity index (χ3v) is 16.2. The maximum atomic E-state index is 14.9. The van der Waals surface area contributed by atoms with Crippen LogP contribution in [0.25, 0.3) is 21.8 Å². The van der Waals surface area contributed by atoms with Crippen LogP contribution in [-0.2, 0) is 68.8 Å². The van der Waals surface area contributed by atoms with Gasteiger partial charge in [-0.2, -0.15) is 0 Å².